The standard InChI is InChI=1S/C17H19N3O3/c21-15-14(8-10-18(15)11-12-5-2-1-3-6-12)20-16(22)13-7-4-9-19(13)17(20)23/h1-3,5-6,13-14H,4,7-11H2/t13-,14+/m1/s1. The highest BCUT2D eigenvalue weighted by atomic mass is 16.2. The second kappa shape index (κ2) is 5.37. The molecule has 0 spiro atoms. The van der Waals surface area contributed by atoms with Crippen LogP contribution in [0.3, 0.4) is 0 Å². The third-order valence-corrected chi connectivity index (χ3v) is 5.02. The van der Waals surface area contributed by atoms with Crippen molar-refractivity contribution in [2.75, 3.05) is 13.1 Å². The molecule has 0 N–H and O–H groups in total. The Morgan fingerprint density at radius 3 is 2.43 bits per heavy atom. The van der Waals surface area contributed by atoms with Crippen LogP contribution in [0.2, 0.25) is 0 Å². The van der Waals surface area contributed by atoms with E-state index in [1.54, 1.807) is 9.80 Å². The lowest BCUT2D eigenvalue weighted by Crippen LogP contribution is -2.46. The average molecular weight is 313 g/mol. The highest BCUT2D eigenvalue weighted by molar-refractivity contribution is 6.08. The van der Waals surface area contributed by atoms with Gasteiger partial charge in [-0.1, -0.05) is 30.3 Å². The fourth-order valence-corrected chi connectivity index (χ4v) is 3.86. The Hall–Kier alpha value is -2.37. The summed E-state index contributed by atoms with van der Waals surface area (Å²) in [6.07, 6.45) is 2.12. The Kier molecular flexibility index (Phi) is 3.32. The number of imide groups is 1. The van der Waals surface area contributed by atoms with E-state index in [4.69, 9.17) is 0 Å². The number of urea groups is 1. The summed E-state index contributed by atoms with van der Waals surface area (Å²) in [5, 5.41) is 0. The van der Waals surface area contributed by atoms with Crippen molar-refractivity contribution in [2.24, 2.45) is 0 Å². The summed E-state index contributed by atoms with van der Waals surface area (Å²) in [4.78, 5) is 42.2. The molecular weight excluding hydrogens is 294 g/mol. The van der Waals surface area contributed by atoms with Crippen molar-refractivity contribution in [3.05, 3.63) is 35.9 Å². The van der Waals surface area contributed by atoms with Gasteiger partial charge in [-0.2, -0.15) is 0 Å². The maximum atomic E-state index is 12.7. The summed E-state index contributed by atoms with van der Waals surface area (Å²) in [6, 6.07) is 8.53. The summed E-state index contributed by atoms with van der Waals surface area (Å²) in [7, 11) is 0. The van der Waals surface area contributed by atoms with Gasteiger partial charge < -0.3 is 9.80 Å². The second-order valence-corrected chi connectivity index (χ2v) is 6.39. The van der Waals surface area contributed by atoms with Crippen LogP contribution in [0.5, 0.6) is 0 Å². The largest absolute Gasteiger partial charge is 0.336 e. The summed E-state index contributed by atoms with van der Waals surface area (Å²) >= 11 is 0. The molecule has 3 saturated heterocycles. The third-order valence-electron chi connectivity index (χ3n) is 5.02. The Balaban J connectivity index is 1.50. The SMILES string of the molecule is O=C1[C@@H](N2C(=O)[C@H]3CCCN3C2=O)CCN1Cc1ccccc1. The summed E-state index contributed by atoms with van der Waals surface area (Å²) in [5.41, 5.74) is 1.06. The molecule has 0 bridgehead atoms. The lowest BCUT2D eigenvalue weighted by Gasteiger charge is -2.22. The van der Waals surface area contributed by atoms with Gasteiger partial charge in [0.2, 0.25) is 5.91 Å². The molecule has 0 aliphatic carbocycles. The lowest BCUT2D eigenvalue weighted by atomic mass is 10.1. The predicted octanol–water partition coefficient (Wildman–Crippen LogP) is 1.21. The first kappa shape index (κ1) is 14.2. The van der Waals surface area contributed by atoms with E-state index in [9.17, 15) is 14.4 Å². The van der Waals surface area contributed by atoms with Crippen LogP contribution in [0.25, 0.3) is 0 Å². The number of benzene rings is 1. The highest BCUT2D eigenvalue weighted by Gasteiger charge is 2.53. The molecule has 4 amide bonds. The van der Waals surface area contributed by atoms with Gasteiger partial charge in [0.15, 0.2) is 0 Å². The molecule has 0 unspecified atom stereocenters. The molecule has 0 aromatic heterocycles. The van der Waals surface area contributed by atoms with E-state index in [-0.39, 0.29) is 23.9 Å². The van der Waals surface area contributed by atoms with Crippen LogP contribution in [0, 0.1) is 0 Å². The molecule has 120 valence electrons. The number of nitrogens with zero attached hydrogens (tertiary/aromatic N) is 3. The zero-order chi connectivity index (χ0) is 16.0. The molecule has 6 heteroatoms. The number of fused-ring (bicyclic) bond motifs is 1. The first-order chi connectivity index (χ1) is 11.2. The molecule has 0 saturated carbocycles. The Labute approximate surface area is 134 Å². The van der Waals surface area contributed by atoms with Gasteiger partial charge in [0.25, 0.3) is 5.91 Å². The van der Waals surface area contributed by atoms with Gasteiger partial charge in [0.05, 0.1) is 0 Å². The van der Waals surface area contributed by atoms with Crippen molar-refractivity contribution in [1.82, 2.24) is 14.7 Å². The first-order valence-electron chi connectivity index (χ1n) is 8.13. The monoisotopic (exact) mass is 313 g/mol. The van der Waals surface area contributed by atoms with E-state index in [1.807, 2.05) is 30.3 Å². The molecule has 23 heavy (non-hydrogen) atoms. The summed E-state index contributed by atoms with van der Waals surface area (Å²) in [5.74, 6) is -0.302. The minimum absolute atomic E-state index is 0.114. The summed E-state index contributed by atoms with van der Waals surface area (Å²) in [6.45, 7) is 1.74. The molecule has 3 aliphatic rings. The fourth-order valence-electron chi connectivity index (χ4n) is 3.86. The van der Waals surface area contributed by atoms with Crippen LogP contribution in [0.1, 0.15) is 24.8 Å². The quantitative estimate of drug-likeness (QED) is 0.788. The van der Waals surface area contributed by atoms with Gasteiger partial charge in [-0.25, -0.2) is 9.69 Å². The number of carbonyl (C=O) groups excluding carboxylic acids is 3. The van der Waals surface area contributed by atoms with Crippen molar-refractivity contribution < 1.29 is 14.4 Å². The molecule has 1 aromatic carbocycles. The number of likely N-dealkylation sites (tertiary alicyclic amines) is 1. The van der Waals surface area contributed by atoms with Gasteiger partial charge >= 0.3 is 6.03 Å². The van der Waals surface area contributed by atoms with Gasteiger partial charge in [-0.05, 0) is 24.8 Å². The molecule has 3 fully saturated rings. The van der Waals surface area contributed by atoms with Crippen molar-refractivity contribution in [1.29, 1.82) is 0 Å². The molecule has 3 aliphatic heterocycles. The zero-order valence-electron chi connectivity index (χ0n) is 12.9. The molecule has 6 nitrogen and oxygen atoms in total. The number of amides is 4. The number of rotatable bonds is 3. The number of hydrogen-bond acceptors (Lipinski definition) is 3. The highest BCUT2D eigenvalue weighted by Crippen LogP contribution is 2.31. The normalized spacial score (nSPS) is 27.3. The van der Waals surface area contributed by atoms with Crippen LogP contribution in [0.15, 0.2) is 30.3 Å². The van der Waals surface area contributed by atoms with Crippen LogP contribution in [0.4, 0.5) is 4.79 Å². The maximum absolute atomic E-state index is 12.7. The van der Waals surface area contributed by atoms with E-state index in [2.05, 4.69) is 0 Å². The Morgan fingerprint density at radius 1 is 0.913 bits per heavy atom. The van der Waals surface area contributed by atoms with Crippen molar-refractivity contribution >= 4 is 17.8 Å². The molecule has 3 heterocycles. The van der Waals surface area contributed by atoms with E-state index in [0.717, 1.165) is 18.4 Å². The Morgan fingerprint density at radius 2 is 1.70 bits per heavy atom. The van der Waals surface area contributed by atoms with Gasteiger partial charge in [0.1, 0.15) is 12.1 Å². The van der Waals surface area contributed by atoms with Crippen molar-refractivity contribution in [3.63, 3.8) is 0 Å². The van der Waals surface area contributed by atoms with E-state index in [1.165, 1.54) is 4.90 Å². The minimum Gasteiger partial charge on any atom is -0.336 e. The summed E-state index contributed by atoms with van der Waals surface area (Å²) < 4.78 is 0. The van der Waals surface area contributed by atoms with Gasteiger partial charge in [-0.3, -0.25) is 9.59 Å². The lowest BCUT2D eigenvalue weighted by molar-refractivity contribution is -0.138. The smallest absolute Gasteiger partial charge is 0.328 e. The molecule has 1 aromatic rings. The van der Waals surface area contributed by atoms with Gasteiger partial charge in [-0.15, -0.1) is 0 Å². The van der Waals surface area contributed by atoms with Crippen LogP contribution in [-0.2, 0) is 16.1 Å². The molecule has 0 radical (unpaired) electrons. The van der Waals surface area contributed by atoms with Gasteiger partial charge in [0, 0.05) is 19.6 Å². The van der Waals surface area contributed by atoms with Crippen molar-refractivity contribution in [2.45, 2.75) is 37.9 Å². The molecule has 4 rings (SSSR count). The van der Waals surface area contributed by atoms with Crippen LogP contribution < -0.4 is 0 Å². The van der Waals surface area contributed by atoms with Crippen LogP contribution >= 0.6 is 0 Å². The third kappa shape index (κ3) is 2.20. The number of hydrogen-bond donors (Lipinski definition) is 0. The van der Waals surface area contributed by atoms with Crippen molar-refractivity contribution in [3.8, 4) is 0 Å². The second-order valence-electron chi connectivity index (χ2n) is 6.39. The van der Waals surface area contributed by atoms with Crippen LogP contribution in [-0.4, -0.2) is 57.7 Å². The van der Waals surface area contributed by atoms with E-state index >= 15 is 0 Å². The maximum Gasteiger partial charge on any atom is 0.328 e. The predicted molar refractivity (Wildman–Crippen MR) is 82.2 cm³/mol. The number of carbonyl (C=O) groups is 3. The van der Waals surface area contributed by atoms with E-state index in [0.29, 0.717) is 26.1 Å². The average Bonchev–Trinajstić information content (AvgIpc) is 3.22. The zero-order valence-corrected chi connectivity index (χ0v) is 12.9. The van der Waals surface area contributed by atoms with E-state index < -0.39 is 6.04 Å². The fraction of sp³-hybridized carbons (Fsp3) is 0.471. The first-order valence-corrected chi connectivity index (χ1v) is 8.13. The molecular formula is C17H19N3O3. The molecule has 2 atom stereocenters. The topological polar surface area (TPSA) is 60.9 Å². The Bertz CT molecular complexity index is 638. The minimum atomic E-state index is -0.621.